The molecule has 3 rings (SSSR count). The van der Waals surface area contributed by atoms with Gasteiger partial charge in [-0.2, -0.15) is 5.26 Å². The van der Waals surface area contributed by atoms with E-state index in [0.29, 0.717) is 0 Å². The second-order valence-electron chi connectivity index (χ2n) is 4.16. The van der Waals surface area contributed by atoms with Crippen molar-refractivity contribution in [3.63, 3.8) is 0 Å². The maximum atomic E-state index is 8.96. The van der Waals surface area contributed by atoms with E-state index in [1.807, 2.05) is 24.4 Å². The summed E-state index contributed by atoms with van der Waals surface area (Å²) in [6.45, 7) is 1.54. The van der Waals surface area contributed by atoms with Gasteiger partial charge in [-0.15, -0.1) is 0 Å². The smallest absolute Gasteiger partial charge is 0.137 e. The Morgan fingerprint density at radius 1 is 1.47 bits per heavy atom. The van der Waals surface area contributed by atoms with Crippen molar-refractivity contribution in [3.05, 3.63) is 36.2 Å². The normalized spacial score (nSPS) is 19.9. The third-order valence-corrected chi connectivity index (χ3v) is 3.04. The molecule has 17 heavy (non-hydrogen) atoms. The predicted molar refractivity (Wildman–Crippen MR) is 66.0 cm³/mol. The van der Waals surface area contributed by atoms with Crippen LogP contribution in [0.2, 0.25) is 0 Å². The molecule has 1 aliphatic heterocycles. The highest BCUT2D eigenvalue weighted by Gasteiger charge is 2.16. The molecule has 84 valence electrons. The number of fused-ring (bicyclic) bond motifs is 1. The number of hydrogen-bond donors (Lipinski definition) is 2. The molecule has 0 amide bonds. The summed E-state index contributed by atoms with van der Waals surface area (Å²) in [5, 5.41) is 13.3. The number of nitrogens with one attached hydrogen (secondary N) is 2. The van der Waals surface area contributed by atoms with Gasteiger partial charge < -0.3 is 10.3 Å². The summed E-state index contributed by atoms with van der Waals surface area (Å²) in [6.07, 6.45) is 5.78. The Hall–Kier alpha value is -2.12. The van der Waals surface area contributed by atoms with Crippen LogP contribution in [-0.2, 0) is 0 Å². The molecule has 1 atom stereocenters. The van der Waals surface area contributed by atoms with Gasteiger partial charge in [0.2, 0.25) is 0 Å². The summed E-state index contributed by atoms with van der Waals surface area (Å²) < 4.78 is 0. The summed E-state index contributed by atoms with van der Waals surface area (Å²) in [6, 6.07) is 6.25. The Morgan fingerprint density at radius 2 is 2.41 bits per heavy atom. The molecule has 0 aliphatic carbocycles. The van der Waals surface area contributed by atoms with Gasteiger partial charge in [0, 0.05) is 36.4 Å². The van der Waals surface area contributed by atoms with Crippen molar-refractivity contribution < 1.29 is 0 Å². The molecule has 2 aromatic heterocycles. The Kier molecular flexibility index (Phi) is 2.39. The van der Waals surface area contributed by atoms with E-state index in [0.717, 1.165) is 29.7 Å². The standard InChI is InChI=1S/C13H12N4/c14-5-9-4-10(7-15-6-9)12-8-17-13-11(12)2-1-3-16-13/h1-4,8-9,15H,6-7H2,(H,16,17). The lowest BCUT2D eigenvalue weighted by Crippen LogP contribution is -2.27. The molecule has 4 heteroatoms. The van der Waals surface area contributed by atoms with Crippen molar-refractivity contribution in [2.45, 2.75) is 0 Å². The van der Waals surface area contributed by atoms with Crippen LogP contribution in [0.25, 0.3) is 16.6 Å². The second kappa shape index (κ2) is 4.04. The van der Waals surface area contributed by atoms with Crippen molar-refractivity contribution in [3.8, 4) is 6.07 Å². The Morgan fingerprint density at radius 3 is 3.29 bits per heavy atom. The SMILES string of the molecule is N#CC1C=C(c2c[nH]c3ncccc23)CNC1. The van der Waals surface area contributed by atoms with E-state index in [1.165, 1.54) is 5.57 Å². The molecular weight excluding hydrogens is 212 g/mol. The second-order valence-corrected chi connectivity index (χ2v) is 4.16. The van der Waals surface area contributed by atoms with Gasteiger partial charge >= 0.3 is 0 Å². The minimum Gasteiger partial charge on any atom is -0.346 e. The van der Waals surface area contributed by atoms with Gasteiger partial charge in [0.05, 0.1) is 12.0 Å². The highest BCUT2D eigenvalue weighted by molar-refractivity contribution is 5.91. The van der Waals surface area contributed by atoms with Crippen LogP contribution in [0.5, 0.6) is 0 Å². The van der Waals surface area contributed by atoms with Gasteiger partial charge in [0.25, 0.3) is 0 Å². The van der Waals surface area contributed by atoms with Gasteiger partial charge in [0.15, 0.2) is 0 Å². The molecular formula is C13H12N4. The average Bonchev–Trinajstić information content (AvgIpc) is 2.82. The summed E-state index contributed by atoms with van der Waals surface area (Å²) in [7, 11) is 0. The van der Waals surface area contributed by atoms with Gasteiger partial charge in [0.1, 0.15) is 5.65 Å². The molecule has 4 nitrogen and oxygen atoms in total. The molecule has 3 heterocycles. The van der Waals surface area contributed by atoms with E-state index in [1.54, 1.807) is 6.20 Å². The largest absolute Gasteiger partial charge is 0.346 e. The van der Waals surface area contributed by atoms with Gasteiger partial charge in [-0.1, -0.05) is 6.08 Å². The summed E-state index contributed by atoms with van der Waals surface area (Å²) in [5.74, 6) is -0.0413. The minimum atomic E-state index is -0.0413. The Bertz CT molecular complexity index is 618. The molecule has 0 saturated heterocycles. The van der Waals surface area contributed by atoms with Gasteiger partial charge in [-0.05, 0) is 17.7 Å². The van der Waals surface area contributed by atoms with Crippen LogP contribution in [0, 0.1) is 17.2 Å². The molecule has 0 saturated carbocycles. The fraction of sp³-hybridized carbons (Fsp3) is 0.231. The number of nitrogens with zero attached hydrogens (tertiary/aromatic N) is 2. The number of pyridine rings is 1. The minimum absolute atomic E-state index is 0.0413. The van der Waals surface area contributed by atoms with Crippen LogP contribution < -0.4 is 5.32 Å². The molecule has 0 bridgehead atoms. The number of hydrogen-bond acceptors (Lipinski definition) is 3. The summed E-state index contributed by atoms with van der Waals surface area (Å²) in [5.41, 5.74) is 3.20. The van der Waals surface area contributed by atoms with Crippen molar-refractivity contribution in [2.24, 2.45) is 5.92 Å². The first-order valence-corrected chi connectivity index (χ1v) is 5.62. The van der Waals surface area contributed by atoms with E-state index >= 15 is 0 Å². The van der Waals surface area contributed by atoms with Gasteiger partial charge in [-0.25, -0.2) is 4.98 Å². The third kappa shape index (κ3) is 1.71. The van der Waals surface area contributed by atoms with Crippen LogP contribution in [-0.4, -0.2) is 23.1 Å². The first-order valence-electron chi connectivity index (χ1n) is 5.62. The Balaban J connectivity index is 2.10. The highest BCUT2D eigenvalue weighted by atomic mass is 14.9. The third-order valence-electron chi connectivity index (χ3n) is 3.04. The zero-order valence-corrected chi connectivity index (χ0v) is 9.27. The van der Waals surface area contributed by atoms with E-state index in [-0.39, 0.29) is 5.92 Å². The van der Waals surface area contributed by atoms with Crippen molar-refractivity contribution in [2.75, 3.05) is 13.1 Å². The lowest BCUT2D eigenvalue weighted by atomic mass is 9.97. The lowest BCUT2D eigenvalue weighted by Gasteiger charge is -2.17. The number of aromatic nitrogens is 2. The Labute approximate surface area is 99.0 Å². The summed E-state index contributed by atoms with van der Waals surface area (Å²) in [4.78, 5) is 7.42. The number of aromatic amines is 1. The molecule has 0 aromatic carbocycles. The van der Waals surface area contributed by atoms with Crippen LogP contribution in [0.4, 0.5) is 0 Å². The fourth-order valence-corrected chi connectivity index (χ4v) is 2.21. The maximum Gasteiger partial charge on any atom is 0.137 e. The van der Waals surface area contributed by atoms with E-state index in [4.69, 9.17) is 5.26 Å². The monoisotopic (exact) mass is 224 g/mol. The molecule has 0 spiro atoms. The molecule has 1 unspecified atom stereocenters. The van der Waals surface area contributed by atoms with Crippen molar-refractivity contribution in [1.82, 2.24) is 15.3 Å². The van der Waals surface area contributed by atoms with Crippen LogP contribution in [0.3, 0.4) is 0 Å². The van der Waals surface area contributed by atoms with E-state index in [2.05, 4.69) is 21.4 Å². The van der Waals surface area contributed by atoms with Gasteiger partial charge in [-0.3, -0.25) is 0 Å². The fourth-order valence-electron chi connectivity index (χ4n) is 2.21. The van der Waals surface area contributed by atoms with Crippen molar-refractivity contribution in [1.29, 1.82) is 5.26 Å². The van der Waals surface area contributed by atoms with E-state index < -0.39 is 0 Å². The van der Waals surface area contributed by atoms with Crippen LogP contribution in [0.1, 0.15) is 5.56 Å². The quantitative estimate of drug-likeness (QED) is 0.774. The van der Waals surface area contributed by atoms with Crippen LogP contribution in [0.15, 0.2) is 30.6 Å². The molecule has 1 aliphatic rings. The molecule has 0 fully saturated rings. The predicted octanol–water partition coefficient (Wildman–Crippen LogP) is 1.69. The zero-order valence-electron chi connectivity index (χ0n) is 9.27. The first-order chi connectivity index (χ1) is 8.38. The average molecular weight is 224 g/mol. The zero-order chi connectivity index (χ0) is 11.7. The number of nitriles is 1. The van der Waals surface area contributed by atoms with Crippen molar-refractivity contribution >= 4 is 16.6 Å². The summed E-state index contributed by atoms with van der Waals surface area (Å²) >= 11 is 0. The molecule has 2 N–H and O–H groups in total. The maximum absolute atomic E-state index is 8.96. The number of H-pyrrole nitrogens is 1. The topological polar surface area (TPSA) is 64.5 Å². The molecule has 2 aromatic rings. The number of rotatable bonds is 1. The highest BCUT2D eigenvalue weighted by Crippen LogP contribution is 2.25. The first kappa shape index (κ1) is 10.1. The lowest BCUT2D eigenvalue weighted by molar-refractivity contribution is 0.659. The van der Waals surface area contributed by atoms with E-state index in [9.17, 15) is 0 Å². The molecule has 0 radical (unpaired) electrons. The van der Waals surface area contributed by atoms with Crippen LogP contribution >= 0.6 is 0 Å².